The molecular weight excluding hydrogens is 473 g/mol. The number of hydrogen-bond acceptors (Lipinski definition) is 7. The van der Waals surface area contributed by atoms with Gasteiger partial charge < -0.3 is 10.2 Å². The lowest BCUT2D eigenvalue weighted by atomic mass is 10.1. The third-order valence-corrected chi connectivity index (χ3v) is 7.21. The fourth-order valence-electron chi connectivity index (χ4n) is 3.19. The smallest absolute Gasteiger partial charge is 0.253 e. The van der Waals surface area contributed by atoms with E-state index in [9.17, 15) is 14.3 Å². The molecule has 32 heavy (non-hydrogen) atoms. The summed E-state index contributed by atoms with van der Waals surface area (Å²) in [6.07, 6.45) is 0. The van der Waals surface area contributed by atoms with E-state index in [-0.39, 0.29) is 28.9 Å². The van der Waals surface area contributed by atoms with E-state index in [0.717, 1.165) is 0 Å². The van der Waals surface area contributed by atoms with E-state index in [4.69, 9.17) is 28.0 Å². The highest BCUT2D eigenvalue weighted by atomic mass is 35.5. The molecule has 1 aliphatic rings. The van der Waals surface area contributed by atoms with Gasteiger partial charge in [-0.25, -0.2) is 4.21 Å². The first-order valence-corrected chi connectivity index (χ1v) is 12.1. The molecule has 0 saturated carbocycles. The minimum Gasteiger partial charge on any atom is -0.337 e. The van der Waals surface area contributed by atoms with Crippen molar-refractivity contribution in [2.45, 2.75) is 0 Å². The molecule has 2 N–H and O–H groups in total. The van der Waals surface area contributed by atoms with Gasteiger partial charge in [0.05, 0.1) is 10.0 Å². The number of amides is 1. The van der Waals surface area contributed by atoms with Crippen LogP contribution < -0.4 is 5.32 Å². The van der Waals surface area contributed by atoms with Crippen LogP contribution in [0.3, 0.4) is 0 Å². The second kappa shape index (κ2) is 8.78. The molecule has 3 aromatic rings. The Hall–Kier alpha value is -3.13. The Labute approximate surface area is 194 Å². The fraction of sp³-hybridized carbons (Fsp3) is 0.200. The van der Waals surface area contributed by atoms with Gasteiger partial charge in [-0.15, -0.1) is 15.0 Å². The fourth-order valence-corrected chi connectivity index (χ4v) is 4.98. The predicted octanol–water partition coefficient (Wildman–Crippen LogP) is 3.69. The summed E-state index contributed by atoms with van der Waals surface area (Å²) in [5.74, 6) is 0.424. The Morgan fingerprint density at radius 2 is 1.72 bits per heavy atom. The average Bonchev–Trinajstić information content (AvgIpc) is 3.16. The predicted molar refractivity (Wildman–Crippen MR) is 122 cm³/mol. The van der Waals surface area contributed by atoms with Crippen molar-refractivity contribution in [2.24, 2.45) is 0 Å². The summed E-state index contributed by atoms with van der Waals surface area (Å²) in [5.41, 5.74) is 1.48. The van der Waals surface area contributed by atoms with Crippen LogP contribution in [0.15, 0.2) is 42.5 Å². The molecule has 4 rings (SSSR count). The number of carbonyl (C=O) groups is 1. The lowest BCUT2D eigenvalue weighted by molar-refractivity contribution is 0.0771. The summed E-state index contributed by atoms with van der Waals surface area (Å²) in [6, 6.07) is 13.6. The van der Waals surface area contributed by atoms with Crippen LogP contribution in [0.1, 0.15) is 16.1 Å². The standard InChI is InChI=1S/C20H17Cl2N7O2S/c21-15-2-1-3-16(22)18(15)29-26-17(12-23)19(27-29)25-14-6-4-13(5-7-14)20(30)28-8-10-32(24,31)11-9-28/h1-7,24H,8-11H2,(H,25,27). The molecule has 2 heterocycles. The third kappa shape index (κ3) is 4.55. The highest BCUT2D eigenvalue weighted by molar-refractivity contribution is 7.92. The molecule has 0 radical (unpaired) electrons. The van der Waals surface area contributed by atoms with Crippen LogP contribution in [0.4, 0.5) is 11.5 Å². The van der Waals surface area contributed by atoms with Crippen LogP contribution in [0.25, 0.3) is 5.69 Å². The van der Waals surface area contributed by atoms with Crippen molar-refractivity contribution in [3.05, 3.63) is 63.8 Å². The van der Waals surface area contributed by atoms with Gasteiger partial charge in [0.25, 0.3) is 5.91 Å². The minimum absolute atomic E-state index is 0.0495. The van der Waals surface area contributed by atoms with Crippen LogP contribution in [0.2, 0.25) is 10.0 Å². The largest absolute Gasteiger partial charge is 0.337 e. The Balaban J connectivity index is 1.52. The van der Waals surface area contributed by atoms with E-state index >= 15 is 0 Å². The molecule has 1 aromatic heterocycles. The van der Waals surface area contributed by atoms with Crippen molar-refractivity contribution in [3.63, 3.8) is 0 Å². The van der Waals surface area contributed by atoms with Gasteiger partial charge in [-0.05, 0) is 36.4 Å². The first-order chi connectivity index (χ1) is 15.3. The van der Waals surface area contributed by atoms with Gasteiger partial charge in [0.15, 0.2) is 5.82 Å². The maximum atomic E-state index is 12.7. The topological polar surface area (TPSA) is 128 Å². The molecule has 164 valence electrons. The summed E-state index contributed by atoms with van der Waals surface area (Å²) < 4.78 is 19.4. The zero-order valence-electron chi connectivity index (χ0n) is 16.6. The van der Waals surface area contributed by atoms with Gasteiger partial charge in [0.1, 0.15) is 11.8 Å². The minimum atomic E-state index is -2.56. The zero-order chi connectivity index (χ0) is 22.9. The molecule has 0 unspecified atom stereocenters. The summed E-state index contributed by atoms with van der Waals surface area (Å²) in [4.78, 5) is 15.5. The Kier molecular flexibility index (Phi) is 6.06. The molecule has 9 nitrogen and oxygen atoms in total. The van der Waals surface area contributed by atoms with Crippen molar-refractivity contribution in [1.82, 2.24) is 19.9 Å². The lowest BCUT2D eigenvalue weighted by Gasteiger charge is -2.28. The second-order valence-corrected chi connectivity index (χ2v) is 10.3. The molecule has 0 atom stereocenters. The van der Waals surface area contributed by atoms with Gasteiger partial charge in [-0.3, -0.25) is 9.57 Å². The average molecular weight is 490 g/mol. The lowest BCUT2D eigenvalue weighted by Crippen LogP contribution is -2.43. The number of halogens is 2. The number of nitrogens with zero attached hydrogens (tertiary/aromatic N) is 5. The maximum absolute atomic E-state index is 12.7. The molecule has 12 heteroatoms. The molecule has 2 aromatic carbocycles. The van der Waals surface area contributed by atoms with Gasteiger partial charge in [-0.2, -0.15) is 5.26 Å². The number of benzene rings is 2. The van der Waals surface area contributed by atoms with Crippen molar-refractivity contribution in [1.29, 1.82) is 10.0 Å². The van der Waals surface area contributed by atoms with Crippen molar-refractivity contribution < 1.29 is 9.00 Å². The zero-order valence-corrected chi connectivity index (χ0v) is 18.9. The number of anilines is 2. The van der Waals surface area contributed by atoms with E-state index in [1.54, 1.807) is 47.4 Å². The number of rotatable bonds is 4. The number of nitrogens with one attached hydrogen (secondary N) is 2. The second-order valence-electron chi connectivity index (χ2n) is 7.08. The normalized spacial score (nSPS) is 15.2. The number of para-hydroxylation sites is 1. The molecule has 1 saturated heterocycles. The molecular formula is C20H17Cl2N7O2S. The van der Waals surface area contributed by atoms with E-state index in [1.165, 1.54) is 4.80 Å². The van der Waals surface area contributed by atoms with Crippen LogP contribution in [0.5, 0.6) is 0 Å². The van der Waals surface area contributed by atoms with E-state index in [1.807, 2.05) is 6.07 Å². The van der Waals surface area contributed by atoms with E-state index < -0.39 is 9.73 Å². The summed E-state index contributed by atoms with van der Waals surface area (Å²) >= 11 is 12.4. The monoisotopic (exact) mass is 489 g/mol. The van der Waals surface area contributed by atoms with Crippen LogP contribution >= 0.6 is 23.2 Å². The number of carbonyl (C=O) groups excluding carboxylic acids is 1. The highest BCUT2D eigenvalue weighted by Gasteiger charge is 2.24. The quantitative estimate of drug-likeness (QED) is 0.574. The Morgan fingerprint density at radius 3 is 2.31 bits per heavy atom. The molecule has 1 fully saturated rings. The third-order valence-electron chi connectivity index (χ3n) is 4.92. The van der Waals surface area contributed by atoms with Gasteiger partial charge in [0, 0.05) is 45.6 Å². The highest BCUT2D eigenvalue weighted by Crippen LogP contribution is 2.28. The summed E-state index contributed by atoms with van der Waals surface area (Å²) in [7, 11) is -2.56. The van der Waals surface area contributed by atoms with Crippen LogP contribution in [-0.4, -0.2) is 54.6 Å². The first-order valence-electron chi connectivity index (χ1n) is 9.50. The van der Waals surface area contributed by atoms with Crippen molar-refractivity contribution >= 4 is 50.3 Å². The SMILES string of the molecule is N#Cc1nn(-c2c(Cl)cccc2Cl)nc1Nc1ccc(C(=O)N2CCS(=N)(=O)CC2)cc1. The van der Waals surface area contributed by atoms with E-state index in [2.05, 4.69) is 15.5 Å². The summed E-state index contributed by atoms with van der Waals surface area (Å²) in [5, 5.41) is 21.6. The molecule has 1 amide bonds. The van der Waals surface area contributed by atoms with Crippen molar-refractivity contribution in [2.75, 3.05) is 29.9 Å². The Morgan fingerprint density at radius 1 is 1.09 bits per heavy atom. The molecule has 0 bridgehead atoms. The van der Waals surface area contributed by atoms with Gasteiger partial charge >= 0.3 is 0 Å². The number of nitriles is 1. The van der Waals surface area contributed by atoms with Gasteiger partial charge in [-0.1, -0.05) is 29.3 Å². The molecule has 0 spiro atoms. The maximum Gasteiger partial charge on any atom is 0.253 e. The Bertz CT molecular complexity index is 1300. The number of hydrogen-bond donors (Lipinski definition) is 2. The first kappa shape index (κ1) is 22.1. The molecule has 0 aliphatic carbocycles. The van der Waals surface area contributed by atoms with Gasteiger partial charge in [0.2, 0.25) is 5.69 Å². The van der Waals surface area contributed by atoms with E-state index in [0.29, 0.717) is 40.1 Å². The van der Waals surface area contributed by atoms with Crippen LogP contribution in [0, 0.1) is 16.1 Å². The summed E-state index contributed by atoms with van der Waals surface area (Å²) in [6.45, 7) is 0.612. The van der Waals surface area contributed by atoms with Crippen LogP contribution in [-0.2, 0) is 9.73 Å². The number of aromatic nitrogens is 3. The molecule has 1 aliphatic heterocycles. The van der Waals surface area contributed by atoms with Crippen molar-refractivity contribution in [3.8, 4) is 11.8 Å².